The van der Waals surface area contributed by atoms with Crippen LogP contribution in [0.4, 0.5) is 4.39 Å². The van der Waals surface area contributed by atoms with E-state index in [2.05, 4.69) is 15.9 Å². The summed E-state index contributed by atoms with van der Waals surface area (Å²) in [5.41, 5.74) is 0.858. The SMILES string of the molecule is Fc1cccc(/C=C\Br)c1. The Morgan fingerprint density at radius 2 is 2.20 bits per heavy atom. The minimum Gasteiger partial charge on any atom is -0.207 e. The summed E-state index contributed by atoms with van der Waals surface area (Å²) < 4.78 is 12.4. The summed E-state index contributed by atoms with van der Waals surface area (Å²) in [5.74, 6) is -0.205. The molecule has 0 radical (unpaired) electrons. The number of hydrogen-bond donors (Lipinski definition) is 0. The topological polar surface area (TPSA) is 0 Å². The fraction of sp³-hybridized carbons (Fsp3) is 0. The highest BCUT2D eigenvalue weighted by atomic mass is 79.9. The molecular formula is C8H6BrF. The highest BCUT2D eigenvalue weighted by Gasteiger charge is 1.87. The molecule has 1 aromatic carbocycles. The molecule has 0 N–H and O–H groups in total. The van der Waals surface area contributed by atoms with Gasteiger partial charge in [-0.1, -0.05) is 28.1 Å². The normalized spacial score (nSPS) is 10.6. The van der Waals surface area contributed by atoms with E-state index in [1.165, 1.54) is 12.1 Å². The van der Waals surface area contributed by atoms with E-state index >= 15 is 0 Å². The van der Waals surface area contributed by atoms with E-state index in [4.69, 9.17) is 0 Å². The third-order valence-corrected chi connectivity index (χ3v) is 1.37. The molecule has 0 unspecified atom stereocenters. The Balaban J connectivity index is 2.95. The van der Waals surface area contributed by atoms with Crippen molar-refractivity contribution in [1.29, 1.82) is 0 Å². The Morgan fingerprint density at radius 1 is 1.40 bits per heavy atom. The van der Waals surface area contributed by atoms with E-state index in [0.717, 1.165) is 5.56 Å². The molecule has 0 aromatic heterocycles. The minimum atomic E-state index is -0.205. The summed E-state index contributed by atoms with van der Waals surface area (Å²) in [6.45, 7) is 0. The van der Waals surface area contributed by atoms with E-state index in [1.807, 2.05) is 6.07 Å². The van der Waals surface area contributed by atoms with Crippen molar-refractivity contribution in [3.05, 3.63) is 40.6 Å². The maximum Gasteiger partial charge on any atom is 0.123 e. The maximum absolute atomic E-state index is 12.4. The van der Waals surface area contributed by atoms with Crippen molar-refractivity contribution in [2.75, 3.05) is 0 Å². The van der Waals surface area contributed by atoms with Crippen LogP contribution < -0.4 is 0 Å². The molecule has 0 nitrogen and oxygen atoms in total. The van der Waals surface area contributed by atoms with Gasteiger partial charge in [0.1, 0.15) is 5.82 Å². The molecule has 2 heteroatoms. The van der Waals surface area contributed by atoms with Crippen LogP contribution in [0.3, 0.4) is 0 Å². The molecule has 0 heterocycles. The van der Waals surface area contributed by atoms with E-state index < -0.39 is 0 Å². The summed E-state index contributed by atoms with van der Waals surface area (Å²) in [4.78, 5) is 1.70. The molecule has 0 aliphatic carbocycles. The van der Waals surface area contributed by atoms with Crippen LogP contribution in [-0.2, 0) is 0 Å². The molecule has 0 amide bonds. The Labute approximate surface area is 67.5 Å². The van der Waals surface area contributed by atoms with Gasteiger partial charge in [-0.2, -0.15) is 0 Å². The van der Waals surface area contributed by atoms with Crippen molar-refractivity contribution in [3.63, 3.8) is 0 Å². The molecule has 0 bridgehead atoms. The lowest BCUT2D eigenvalue weighted by atomic mass is 10.2. The summed E-state index contributed by atoms with van der Waals surface area (Å²) in [7, 11) is 0. The first-order valence-electron chi connectivity index (χ1n) is 2.85. The average molecular weight is 201 g/mol. The Hall–Kier alpha value is -0.630. The zero-order chi connectivity index (χ0) is 7.40. The van der Waals surface area contributed by atoms with Gasteiger partial charge in [0.05, 0.1) is 0 Å². The zero-order valence-electron chi connectivity index (χ0n) is 5.22. The molecular weight excluding hydrogens is 195 g/mol. The second-order valence-corrected chi connectivity index (χ2v) is 2.38. The second kappa shape index (κ2) is 3.52. The highest BCUT2D eigenvalue weighted by Crippen LogP contribution is 2.05. The van der Waals surface area contributed by atoms with Gasteiger partial charge in [-0.05, 0) is 28.8 Å². The van der Waals surface area contributed by atoms with Gasteiger partial charge in [0.15, 0.2) is 0 Å². The van der Waals surface area contributed by atoms with Crippen molar-refractivity contribution in [2.45, 2.75) is 0 Å². The highest BCUT2D eigenvalue weighted by molar-refractivity contribution is 9.11. The van der Waals surface area contributed by atoms with Gasteiger partial charge in [0.25, 0.3) is 0 Å². The Bertz CT molecular complexity index is 243. The largest absolute Gasteiger partial charge is 0.207 e. The van der Waals surface area contributed by atoms with Gasteiger partial charge < -0.3 is 0 Å². The number of halogens is 2. The van der Waals surface area contributed by atoms with Crippen LogP contribution in [0.25, 0.3) is 6.08 Å². The van der Waals surface area contributed by atoms with E-state index in [1.54, 1.807) is 17.1 Å². The zero-order valence-corrected chi connectivity index (χ0v) is 6.81. The smallest absolute Gasteiger partial charge is 0.123 e. The van der Waals surface area contributed by atoms with Crippen molar-refractivity contribution < 1.29 is 4.39 Å². The minimum absolute atomic E-state index is 0.205. The lowest BCUT2D eigenvalue weighted by Gasteiger charge is -1.90. The van der Waals surface area contributed by atoms with Crippen LogP contribution in [-0.4, -0.2) is 0 Å². The fourth-order valence-corrected chi connectivity index (χ4v) is 0.988. The van der Waals surface area contributed by atoms with Gasteiger partial charge in [0, 0.05) is 0 Å². The lowest BCUT2D eigenvalue weighted by Crippen LogP contribution is -1.73. The standard InChI is InChI=1S/C8H6BrF/c9-5-4-7-2-1-3-8(10)6-7/h1-6H/b5-4-. The predicted octanol–water partition coefficient (Wildman–Crippen LogP) is 3.19. The number of rotatable bonds is 1. The number of hydrogen-bond acceptors (Lipinski definition) is 0. The molecule has 0 saturated carbocycles. The fourth-order valence-electron chi connectivity index (χ4n) is 0.683. The van der Waals surface area contributed by atoms with Gasteiger partial charge >= 0.3 is 0 Å². The van der Waals surface area contributed by atoms with Crippen LogP contribution in [0.2, 0.25) is 0 Å². The molecule has 10 heavy (non-hydrogen) atoms. The second-order valence-electron chi connectivity index (χ2n) is 1.85. The van der Waals surface area contributed by atoms with Crippen molar-refractivity contribution in [3.8, 4) is 0 Å². The molecule has 0 aliphatic rings. The molecule has 52 valence electrons. The molecule has 0 saturated heterocycles. The van der Waals surface area contributed by atoms with Gasteiger partial charge in [-0.3, -0.25) is 0 Å². The van der Waals surface area contributed by atoms with Crippen molar-refractivity contribution in [1.82, 2.24) is 0 Å². The average Bonchev–Trinajstić information content (AvgIpc) is 1.88. The van der Waals surface area contributed by atoms with Crippen LogP contribution in [0.15, 0.2) is 29.3 Å². The van der Waals surface area contributed by atoms with Crippen LogP contribution >= 0.6 is 15.9 Å². The summed E-state index contributed by atoms with van der Waals surface area (Å²) in [5, 5.41) is 0. The summed E-state index contributed by atoms with van der Waals surface area (Å²) in [6.07, 6.45) is 1.78. The Kier molecular flexibility index (Phi) is 2.63. The molecule has 1 rings (SSSR count). The van der Waals surface area contributed by atoms with Crippen LogP contribution in [0, 0.1) is 5.82 Å². The monoisotopic (exact) mass is 200 g/mol. The van der Waals surface area contributed by atoms with Gasteiger partial charge in [-0.25, -0.2) is 4.39 Å². The first-order valence-corrected chi connectivity index (χ1v) is 3.77. The van der Waals surface area contributed by atoms with E-state index in [9.17, 15) is 4.39 Å². The quantitative estimate of drug-likeness (QED) is 0.654. The first-order chi connectivity index (χ1) is 4.83. The first kappa shape index (κ1) is 7.48. The van der Waals surface area contributed by atoms with Crippen LogP contribution in [0.1, 0.15) is 5.56 Å². The third-order valence-electron chi connectivity index (χ3n) is 1.10. The molecule has 0 fully saturated rings. The van der Waals surface area contributed by atoms with Crippen molar-refractivity contribution >= 4 is 22.0 Å². The van der Waals surface area contributed by atoms with Gasteiger partial charge in [-0.15, -0.1) is 0 Å². The number of benzene rings is 1. The molecule has 0 spiro atoms. The molecule has 0 aliphatic heterocycles. The lowest BCUT2D eigenvalue weighted by molar-refractivity contribution is 0.627. The van der Waals surface area contributed by atoms with Gasteiger partial charge in [0.2, 0.25) is 0 Å². The van der Waals surface area contributed by atoms with Crippen molar-refractivity contribution in [2.24, 2.45) is 0 Å². The Morgan fingerprint density at radius 3 is 2.80 bits per heavy atom. The summed E-state index contributed by atoms with van der Waals surface area (Å²) in [6, 6.07) is 6.40. The molecule has 0 atom stereocenters. The molecule has 1 aromatic rings. The maximum atomic E-state index is 12.4. The van der Waals surface area contributed by atoms with E-state index in [0.29, 0.717) is 0 Å². The van der Waals surface area contributed by atoms with Crippen LogP contribution in [0.5, 0.6) is 0 Å². The predicted molar refractivity (Wildman–Crippen MR) is 44.4 cm³/mol. The summed E-state index contributed by atoms with van der Waals surface area (Å²) >= 11 is 3.11. The van der Waals surface area contributed by atoms with E-state index in [-0.39, 0.29) is 5.82 Å². The third kappa shape index (κ3) is 1.95.